The molecule has 0 radical (unpaired) electrons. The van der Waals surface area contributed by atoms with E-state index in [9.17, 15) is 4.79 Å². The molecule has 0 bridgehead atoms. The van der Waals surface area contributed by atoms with Crippen molar-refractivity contribution >= 4 is 5.97 Å². The summed E-state index contributed by atoms with van der Waals surface area (Å²) >= 11 is 0. The lowest BCUT2D eigenvalue weighted by Crippen LogP contribution is -2.04. The third kappa shape index (κ3) is 3.20. The fourth-order valence-electron chi connectivity index (χ4n) is 0.869. The second-order valence-electron chi connectivity index (χ2n) is 2.54. The lowest BCUT2D eigenvalue weighted by Gasteiger charge is -1.96. The summed E-state index contributed by atoms with van der Waals surface area (Å²) in [4.78, 5) is 10.3. The van der Waals surface area contributed by atoms with Crippen molar-refractivity contribution in [2.45, 2.75) is 13.0 Å². The molecule has 0 amide bonds. The molecule has 0 fully saturated rings. The highest BCUT2D eigenvalue weighted by atomic mass is 16.5. The number of ether oxygens (including phenoxy) is 1. The SMILES string of the molecule is COCCn1cc(CC(=O)O)nn1. The first-order chi connectivity index (χ1) is 6.22. The molecule has 0 aliphatic carbocycles. The zero-order valence-electron chi connectivity index (χ0n) is 7.30. The maximum atomic E-state index is 10.3. The van der Waals surface area contributed by atoms with Gasteiger partial charge in [-0.25, -0.2) is 4.68 Å². The quantitative estimate of drug-likeness (QED) is 0.672. The van der Waals surface area contributed by atoms with Crippen LogP contribution in [0.3, 0.4) is 0 Å². The molecule has 0 spiro atoms. The summed E-state index contributed by atoms with van der Waals surface area (Å²) in [5, 5.41) is 15.9. The number of rotatable bonds is 5. The number of aliphatic carboxylic acids is 1. The Morgan fingerprint density at radius 1 is 1.77 bits per heavy atom. The van der Waals surface area contributed by atoms with Gasteiger partial charge >= 0.3 is 5.97 Å². The molecule has 1 N–H and O–H groups in total. The summed E-state index contributed by atoms with van der Waals surface area (Å²) in [6.45, 7) is 1.12. The van der Waals surface area contributed by atoms with E-state index < -0.39 is 5.97 Å². The van der Waals surface area contributed by atoms with Gasteiger partial charge in [-0.15, -0.1) is 5.10 Å². The number of carboxylic acids is 1. The van der Waals surface area contributed by atoms with Gasteiger partial charge in [-0.05, 0) is 0 Å². The predicted octanol–water partition coefficient (Wildman–Crippen LogP) is -0.448. The summed E-state index contributed by atoms with van der Waals surface area (Å²) < 4.78 is 6.39. The van der Waals surface area contributed by atoms with Gasteiger partial charge in [-0.1, -0.05) is 5.21 Å². The monoisotopic (exact) mass is 185 g/mol. The van der Waals surface area contributed by atoms with Gasteiger partial charge < -0.3 is 9.84 Å². The normalized spacial score (nSPS) is 10.2. The minimum atomic E-state index is -0.904. The molecule has 0 saturated carbocycles. The number of carboxylic acid groups (broad SMARTS) is 1. The number of hydrogen-bond acceptors (Lipinski definition) is 4. The highest BCUT2D eigenvalue weighted by Gasteiger charge is 2.04. The van der Waals surface area contributed by atoms with Crippen LogP contribution < -0.4 is 0 Å². The average Bonchev–Trinajstić information content (AvgIpc) is 2.48. The lowest BCUT2D eigenvalue weighted by molar-refractivity contribution is -0.136. The Kier molecular flexibility index (Phi) is 3.39. The molecule has 1 rings (SSSR count). The zero-order chi connectivity index (χ0) is 9.68. The van der Waals surface area contributed by atoms with Crippen LogP contribution in [0.5, 0.6) is 0 Å². The Labute approximate surface area is 75.1 Å². The van der Waals surface area contributed by atoms with E-state index in [1.165, 1.54) is 0 Å². The van der Waals surface area contributed by atoms with E-state index in [4.69, 9.17) is 9.84 Å². The van der Waals surface area contributed by atoms with E-state index in [1.54, 1.807) is 18.0 Å². The van der Waals surface area contributed by atoms with Crippen LogP contribution in [0.4, 0.5) is 0 Å². The molecule has 6 heteroatoms. The summed E-state index contributed by atoms with van der Waals surface area (Å²) in [6, 6.07) is 0. The standard InChI is InChI=1S/C7H11N3O3/c1-13-3-2-10-5-6(8-9-10)4-7(11)12/h5H,2-4H2,1H3,(H,11,12). The molecule has 72 valence electrons. The van der Waals surface area contributed by atoms with Gasteiger partial charge in [0.2, 0.25) is 0 Å². The molecular weight excluding hydrogens is 174 g/mol. The molecule has 1 heterocycles. The zero-order valence-corrected chi connectivity index (χ0v) is 7.30. The Bertz CT molecular complexity index is 284. The van der Waals surface area contributed by atoms with Crippen LogP contribution in [0.1, 0.15) is 5.69 Å². The summed E-state index contributed by atoms with van der Waals surface area (Å²) in [7, 11) is 1.59. The maximum absolute atomic E-state index is 10.3. The van der Waals surface area contributed by atoms with E-state index in [2.05, 4.69) is 10.3 Å². The Balaban J connectivity index is 2.48. The van der Waals surface area contributed by atoms with Gasteiger partial charge in [0, 0.05) is 13.3 Å². The van der Waals surface area contributed by atoms with E-state index in [1.807, 2.05) is 0 Å². The first-order valence-electron chi connectivity index (χ1n) is 3.82. The fraction of sp³-hybridized carbons (Fsp3) is 0.571. The van der Waals surface area contributed by atoms with Crippen molar-refractivity contribution < 1.29 is 14.6 Å². The summed E-state index contributed by atoms with van der Waals surface area (Å²) in [6.07, 6.45) is 1.51. The molecule has 0 aromatic carbocycles. The van der Waals surface area contributed by atoms with Crippen LogP contribution >= 0.6 is 0 Å². The second-order valence-corrected chi connectivity index (χ2v) is 2.54. The topological polar surface area (TPSA) is 77.2 Å². The van der Waals surface area contributed by atoms with Crippen molar-refractivity contribution in [3.63, 3.8) is 0 Å². The van der Waals surface area contributed by atoms with Crippen molar-refractivity contribution in [3.8, 4) is 0 Å². The van der Waals surface area contributed by atoms with Crippen molar-refractivity contribution in [2.24, 2.45) is 0 Å². The van der Waals surface area contributed by atoms with Crippen LogP contribution in [-0.4, -0.2) is 39.8 Å². The van der Waals surface area contributed by atoms with Crippen molar-refractivity contribution in [1.82, 2.24) is 15.0 Å². The molecule has 0 atom stereocenters. The van der Waals surface area contributed by atoms with Crippen LogP contribution in [0.15, 0.2) is 6.20 Å². The van der Waals surface area contributed by atoms with Crippen LogP contribution in [0, 0.1) is 0 Å². The largest absolute Gasteiger partial charge is 0.481 e. The molecule has 0 aliphatic rings. The first kappa shape index (κ1) is 9.66. The molecular formula is C7H11N3O3. The van der Waals surface area contributed by atoms with Gasteiger partial charge in [-0.2, -0.15) is 0 Å². The average molecular weight is 185 g/mol. The molecule has 6 nitrogen and oxygen atoms in total. The van der Waals surface area contributed by atoms with E-state index in [-0.39, 0.29) is 6.42 Å². The highest BCUT2D eigenvalue weighted by molar-refractivity contribution is 5.69. The number of methoxy groups -OCH3 is 1. The Hall–Kier alpha value is -1.43. The number of carbonyl (C=O) groups is 1. The van der Waals surface area contributed by atoms with E-state index in [0.717, 1.165) is 0 Å². The van der Waals surface area contributed by atoms with Crippen molar-refractivity contribution in [3.05, 3.63) is 11.9 Å². The molecule has 13 heavy (non-hydrogen) atoms. The lowest BCUT2D eigenvalue weighted by atomic mass is 10.3. The molecule has 0 unspecified atom stereocenters. The number of hydrogen-bond donors (Lipinski definition) is 1. The highest BCUT2D eigenvalue weighted by Crippen LogP contribution is 1.94. The molecule has 1 aromatic heterocycles. The van der Waals surface area contributed by atoms with Gasteiger partial charge in [0.25, 0.3) is 0 Å². The molecule has 0 saturated heterocycles. The van der Waals surface area contributed by atoms with Crippen LogP contribution in [0.2, 0.25) is 0 Å². The molecule has 0 aliphatic heterocycles. The summed E-state index contributed by atoms with van der Waals surface area (Å²) in [5.41, 5.74) is 0.462. The van der Waals surface area contributed by atoms with Crippen molar-refractivity contribution in [1.29, 1.82) is 0 Å². The van der Waals surface area contributed by atoms with Crippen LogP contribution in [0.25, 0.3) is 0 Å². The van der Waals surface area contributed by atoms with Gasteiger partial charge in [0.1, 0.15) is 0 Å². The predicted molar refractivity (Wildman–Crippen MR) is 43.2 cm³/mol. The van der Waals surface area contributed by atoms with E-state index >= 15 is 0 Å². The second kappa shape index (κ2) is 4.56. The fourth-order valence-corrected chi connectivity index (χ4v) is 0.869. The Morgan fingerprint density at radius 3 is 3.15 bits per heavy atom. The van der Waals surface area contributed by atoms with Gasteiger partial charge in [0.15, 0.2) is 0 Å². The first-order valence-corrected chi connectivity index (χ1v) is 3.82. The minimum Gasteiger partial charge on any atom is -0.481 e. The molecule has 1 aromatic rings. The third-order valence-corrected chi connectivity index (χ3v) is 1.44. The smallest absolute Gasteiger partial charge is 0.309 e. The summed E-state index contributed by atoms with van der Waals surface area (Å²) in [5.74, 6) is -0.904. The van der Waals surface area contributed by atoms with Gasteiger partial charge in [-0.3, -0.25) is 4.79 Å². The third-order valence-electron chi connectivity index (χ3n) is 1.44. The Morgan fingerprint density at radius 2 is 2.54 bits per heavy atom. The van der Waals surface area contributed by atoms with Gasteiger partial charge in [0.05, 0.1) is 25.3 Å². The minimum absolute atomic E-state index is 0.0903. The number of nitrogens with zero attached hydrogens (tertiary/aromatic N) is 3. The maximum Gasteiger partial charge on any atom is 0.309 e. The number of aromatic nitrogens is 3. The van der Waals surface area contributed by atoms with Crippen LogP contribution in [-0.2, 0) is 22.5 Å². The van der Waals surface area contributed by atoms with E-state index in [0.29, 0.717) is 18.8 Å². The van der Waals surface area contributed by atoms with Crippen molar-refractivity contribution in [2.75, 3.05) is 13.7 Å².